The van der Waals surface area contributed by atoms with E-state index in [0.29, 0.717) is 10.1 Å². The van der Waals surface area contributed by atoms with E-state index in [-0.39, 0.29) is 10.4 Å². The number of benzene rings is 1. The van der Waals surface area contributed by atoms with Crippen LogP contribution in [0.1, 0.15) is 22.2 Å². The third-order valence-electron chi connectivity index (χ3n) is 2.20. The van der Waals surface area contributed by atoms with Gasteiger partial charge in [-0.05, 0) is 23.6 Å². The largest absolute Gasteiger partial charge is 0.478 e. The summed E-state index contributed by atoms with van der Waals surface area (Å²) >= 11 is 0.922. The highest BCUT2D eigenvalue weighted by molar-refractivity contribution is 7.19. The van der Waals surface area contributed by atoms with Gasteiger partial charge in [-0.3, -0.25) is 0 Å². The van der Waals surface area contributed by atoms with Crippen molar-refractivity contribution in [3.8, 4) is 0 Å². The number of hydrogen-bond acceptors (Lipinski definition) is 2. The van der Waals surface area contributed by atoms with Crippen molar-refractivity contribution < 1.29 is 18.7 Å². The molecule has 1 heterocycles. The van der Waals surface area contributed by atoms with E-state index in [9.17, 15) is 13.6 Å². The molecule has 0 saturated carbocycles. The topological polar surface area (TPSA) is 37.3 Å². The third kappa shape index (κ3) is 1.90. The summed E-state index contributed by atoms with van der Waals surface area (Å²) in [6, 6.07) is 5.77. The van der Waals surface area contributed by atoms with Gasteiger partial charge in [-0.1, -0.05) is 6.07 Å². The SMILES string of the molecule is CC(F)(F)c1cc2ccc(C(=O)O)cc2s1. The van der Waals surface area contributed by atoms with Crippen LogP contribution < -0.4 is 0 Å². The Hall–Kier alpha value is -1.49. The number of hydrogen-bond donors (Lipinski definition) is 1. The molecule has 0 aliphatic heterocycles. The zero-order valence-electron chi connectivity index (χ0n) is 8.33. The zero-order valence-corrected chi connectivity index (χ0v) is 9.15. The fourth-order valence-corrected chi connectivity index (χ4v) is 2.41. The van der Waals surface area contributed by atoms with Crippen molar-refractivity contribution in [3.05, 3.63) is 34.7 Å². The molecule has 5 heteroatoms. The maximum atomic E-state index is 13.0. The first-order valence-corrected chi connectivity index (χ1v) is 5.35. The summed E-state index contributed by atoms with van der Waals surface area (Å²) in [7, 11) is 0. The van der Waals surface area contributed by atoms with Crippen molar-refractivity contribution in [3.63, 3.8) is 0 Å². The second kappa shape index (κ2) is 3.52. The van der Waals surface area contributed by atoms with E-state index in [2.05, 4.69) is 0 Å². The summed E-state index contributed by atoms with van der Waals surface area (Å²) in [5, 5.41) is 9.41. The molecule has 2 rings (SSSR count). The average Bonchev–Trinajstić information content (AvgIpc) is 2.58. The van der Waals surface area contributed by atoms with Crippen molar-refractivity contribution in [1.29, 1.82) is 0 Å². The summed E-state index contributed by atoms with van der Waals surface area (Å²) < 4.78 is 26.7. The summed E-state index contributed by atoms with van der Waals surface area (Å²) in [5.41, 5.74) is 0.111. The molecule has 2 aromatic rings. The van der Waals surface area contributed by atoms with Gasteiger partial charge in [0.05, 0.1) is 10.4 Å². The van der Waals surface area contributed by atoms with Crippen LogP contribution in [0.15, 0.2) is 24.3 Å². The van der Waals surface area contributed by atoms with Crippen LogP contribution in [-0.2, 0) is 5.92 Å². The van der Waals surface area contributed by atoms with Crippen LogP contribution in [0.4, 0.5) is 8.78 Å². The Balaban J connectivity index is 2.59. The Labute approximate surface area is 94.1 Å². The lowest BCUT2D eigenvalue weighted by Crippen LogP contribution is -2.02. The van der Waals surface area contributed by atoms with Crippen LogP contribution in [0.3, 0.4) is 0 Å². The van der Waals surface area contributed by atoms with E-state index in [1.165, 1.54) is 18.2 Å². The number of carboxylic acids is 1. The standard InChI is InChI=1S/C11H8F2O2S/c1-11(12,13)9-5-6-2-3-7(10(14)15)4-8(6)16-9/h2-5H,1H3,(H,14,15). The minimum atomic E-state index is -2.88. The molecule has 1 N–H and O–H groups in total. The van der Waals surface area contributed by atoms with Crippen LogP contribution in [0.5, 0.6) is 0 Å². The molecule has 0 aliphatic rings. The smallest absolute Gasteiger partial charge is 0.335 e. The van der Waals surface area contributed by atoms with E-state index in [0.717, 1.165) is 18.3 Å². The highest BCUT2D eigenvalue weighted by Crippen LogP contribution is 2.36. The van der Waals surface area contributed by atoms with E-state index in [1.54, 1.807) is 6.07 Å². The van der Waals surface area contributed by atoms with Gasteiger partial charge in [0.15, 0.2) is 0 Å². The average molecular weight is 242 g/mol. The Morgan fingerprint density at radius 2 is 2.06 bits per heavy atom. The van der Waals surface area contributed by atoms with E-state index < -0.39 is 11.9 Å². The number of thiophene rings is 1. The van der Waals surface area contributed by atoms with E-state index >= 15 is 0 Å². The van der Waals surface area contributed by atoms with Gasteiger partial charge in [-0.25, -0.2) is 13.6 Å². The summed E-state index contributed by atoms with van der Waals surface area (Å²) in [6.07, 6.45) is 0. The number of fused-ring (bicyclic) bond motifs is 1. The van der Waals surface area contributed by atoms with Gasteiger partial charge in [-0.15, -0.1) is 11.3 Å². The molecule has 1 aromatic carbocycles. The van der Waals surface area contributed by atoms with Gasteiger partial charge in [0.25, 0.3) is 5.92 Å². The molecule has 0 saturated heterocycles. The second-order valence-electron chi connectivity index (χ2n) is 3.56. The van der Waals surface area contributed by atoms with Gasteiger partial charge in [-0.2, -0.15) is 0 Å². The fraction of sp³-hybridized carbons (Fsp3) is 0.182. The van der Waals surface area contributed by atoms with Crippen molar-refractivity contribution in [2.24, 2.45) is 0 Å². The third-order valence-corrected chi connectivity index (χ3v) is 3.47. The minimum Gasteiger partial charge on any atom is -0.478 e. The Bertz CT molecular complexity index is 555. The Morgan fingerprint density at radius 3 is 2.62 bits per heavy atom. The molecule has 84 valence electrons. The molecule has 0 radical (unpaired) electrons. The molecule has 0 aliphatic carbocycles. The van der Waals surface area contributed by atoms with E-state index in [4.69, 9.17) is 5.11 Å². The lowest BCUT2D eigenvalue weighted by Gasteiger charge is -2.04. The van der Waals surface area contributed by atoms with Gasteiger partial charge < -0.3 is 5.11 Å². The number of aromatic carboxylic acids is 1. The van der Waals surface area contributed by atoms with Crippen LogP contribution >= 0.6 is 11.3 Å². The fourth-order valence-electron chi connectivity index (χ4n) is 1.38. The Kier molecular flexibility index (Phi) is 2.42. The molecule has 0 atom stereocenters. The molecule has 0 spiro atoms. The Morgan fingerprint density at radius 1 is 1.38 bits per heavy atom. The number of halogens is 2. The lowest BCUT2D eigenvalue weighted by molar-refractivity contribution is 0.0216. The first-order chi connectivity index (χ1) is 7.38. The molecule has 1 aromatic heterocycles. The van der Waals surface area contributed by atoms with Crippen LogP contribution in [0.25, 0.3) is 10.1 Å². The predicted octanol–water partition coefficient (Wildman–Crippen LogP) is 3.71. The summed E-state index contributed by atoms with van der Waals surface area (Å²) in [6.45, 7) is 0.829. The van der Waals surface area contributed by atoms with Gasteiger partial charge in [0.1, 0.15) is 0 Å². The van der Waals surface area contributed by atoms with E-state index in [1.807, 2.05) is 0 Å². The van der Waals surface area contributed by atoms with Gasteiger partial charge in [0.2, 0.25) is 0 Å². The second-order valence-corrected chi connectivity index (χ2v) is 4.64. The molecule has 0 fully saturated rings. The zero-order chi connectivity index (χ0) is 11.9. The highest BCUT2D eigenvalue weighted by atomic mass is 32.1. The molecule has 0 unspecified atom stereocenters. The maximum Gasteiger partial charge on any atom is 0.335 e. The normalized spacial score (nSPS) is 11.9. The van der Waals surface area contributed by atoms with Crippen molar-refractivity contribution in [2.75, 3.05) is 0 Å². The minimum absolute atomic E-state index is 0.0509. The lowest BCUT2D eigenvalue weighted by atomic mass is 10.1. The molecule has 0 bridgehead atoms. The van der Waals surface area contributed by atoms with Gasteiger partial charge in [0, 0.05) is 11.6 Å². The van der Waals surface area contributed by atoms with Crippen LogP contribution in [0.2, 0.25) is 0 Å². The summed E-state index contributed by atoms with van der Waals surface area (Å²) in [4.78, 5) is 10.7. The molecule has 16 heavy (non-hydrogen) atoms. The highest BCUT2D eigenvalue weighted by Gasteiger charge is 2.26. The first-order valence-electron chi connectivity index (χ1n) is 4.53. The summed E-state index contributed by atoms with van der Waals surface area (Å²) in [5.74, 6) is -3.94. The van der Waals surface area contributed by atoms with Crippen molar-refractivity contribution >= 4 is 27.4 Å². The molecule has 0 amide bonds. The van der Waals surface area contributed by atoms with Gasteiger partial charge >= 0.3 is 5.97 Å². The first kappa shape index (κ1) is 11.0. The molecule has 2 nitrogen and oxygen atoms in total. The number of carbonyl (C=O) groups is 1. The monoisotopic (exact) mass is 242 g/mol. The van der Waals surface area contributed by atoms with Crippen molar-refractivity contribution in [2.45, 2.75) is 12.8 Å². The molecular weight excluding hydrogens is 234 g/mol. The van der Waals surface area contributed by atoms with Crippen molar-refractivity contribution in [1.82, 2.24) is 0 Å². The predicted molar refractivity (Wildman–Crippen MR) is 58.4 cm³/mol. The van der Waals surface area contributed by atoms with Crippen LogP contribution in [-0.4, -0.2) is 11.1 Å². The maximum absolute atomic E-state index is 13.0. The number of carboxylic acid groups (broad SMARTS) is 1. The number of rotatable bonds is 2. The molecular formula is C11H8F2O2S. The van der Waals surface area contributed by atoms with Crippen LogP contribution in [0, 0.1) is 0 Å². The number of alkyl halides is 2. The quantitative estimate of drug-likeness (QED) is 0.871.